The molecule has 1 aliphatic heterocycles. The molecule has 0 bridgehead atoms. The highest BCUT2D eigenvalue weighted by atomic mass is 32.2. The van der Waals surface area contributed by atoms with Crippen molar-refractivity contribution in [3.05, 3.63) is 126 Å². The Labute approximate surface area is 435 Å². The van der Waals surface area contributed by atoms with Crippen molar-refractivity contribution in [3.63, 3.8) is 0 Å². The van der Waals surface area contributed by atoms with Crippen molar-refractivity contribution in [1.82, 2.24) is 49.4 Å². The van der Waals surface area contributed by atoms with E-state index >= 15 is 16.8 Å². The van der Waals surface area contributed by atoms with Crippen molar-refractivity contribution in [2.45, 2.75) is 94.3 Å². The number of benzene rings is 4. The Morgan fingerprint density at radius 1 is 0.733 bits per heavy atom. The summed E-state index contributed by atoms with van der Waals surface area (Å²) in [6.45, 7) is 9.18. The number of nitrogens with one attached hydrogen (secondary N) is 3. The zero-order chi connectivity index (χ0) is 53.9. The van der Waals surface area contributed by atoms with Gasteiger partial charge in [0.1, 0.15) is 38.2 Å². The molecule has 0 spiro atoms. The lowest BCUT2D eigenvalue weighted by atomic mass is 10.00. The number of tetrazole rings is 1. The van der Waals surface area contributed by atoms with Gasteiger partial charge in [-0.3, -0.25) is 4.98 Å². The Hall–Kier alpha value is -7.60. The van der Waals surface area contributed by atoms with Gasteiger partial charge in [-0.25, -0.2) is 31.1 Å². The van der Waals surface area contributed by atoms with Gasteiger partial charge in [0, 0.05) is 44.1 Å². The Kier molecular flexibility index (Phi) is 15.5. The van der Waals surface area contributed by atoms with E-state index in [2.05, 4.69) is 30.3 Å². The Morgan fingerprint density at radius 2 is 1.29 bits per heavy atom. The van der Waals surface area contributed by atoms with Crippen LogP contribution in [-0.4, -0.2) is 126 Å². The minimum Gasteiger partial charge on any atom is -0.497 e. The van der Waals surface area contributed by atoms with Gasteiger partial charge < -0.3 is 38.9 Å². The Morgan fingerprint density at radius 3 is 1.85 bits per heavy atom. The van der Waals surface area contributed by atoms with Gasteiger partial charge in [0.15, 0.2) is 0 Å². The van der Waals surface area contributed by atoms with Crippen molar-refractivity contribution in [2.24, 2.45) is 0 Å². The number of carbonyl (C=O) groups excluding carboxylic acids is 2. The lowest BCUT2D eigenvalue weighted by Crippen LogP contribution is -2.51. The Bertz CT molecular complexity index is 3340. The van der Waals surface area contributed by atoms with E-state index in [1.807, 2.05) is 12.1 Å². The van der Waals surface area contributed by atoms with Gasteiger partial charge >= 0.3 is 12.2 Å². The number of alkyl carbamates (subject to hydrolysis) is 1. The van der Waals surface area contributed by atoms with Gasteiger partial charge in [-0.1, -0.05) is 42.5 Å². The van der Waals surface area contributed by atoms with Gasteiger partial charge in [-0.15, -0.1) is 10.2 Å². The Balaban J connectivity index is 1.35. The first-order valence-corrected chi connectivity index (χ1v) is 26.7. The molecule has 0 aliphatic carbocycles. The molecule has 2 amide bonds. The predicted molar refractivity (Wildman–Crippen MR) is 278 cm³/mol. The fraction of sp³-hybridized carbons (Fsp3) is 0.346. The summed E-state index contributed by atoms with van der Waals surface area (Å²) in [4.78, 5) is 35.8. The molecular weight excluding hydrogens is 1000 g/mol. The number of aromatic nitrogens is 6. The van der Waals surface area contributed by atoms with Crippen LogP contribution in [0.2, 0.25) is 0 Å². The highest BCUT2D eigenvalue weighted by Crippen LogP contribution is 2.42. The van der Waals surface area contributed by atoms with E-state index in [1.165, 1.54) is 40.4 Å². The maximum absolute atomic E-state index is 16.3. The first-order chi connectivity index (χ1) is 35.5. The fourth-order valence-electron chi connectivity index (χ4n) is 8.37. The third kappa shape index (κ3) is 12.8. The molecule has 21 nitrogen and oxygen atoms in total. The predicted octanol–water partition coefficient (Wildman–Crippen LogP) is 7.14. The van der Waals surface area contributed by atoms with Gasteiger partial charge in [0.2, 0.25) is 25.9 Å². The monoisotopic (exact) mass is 1060 g/mol. The molecule has 1 aliphatic rings. The molecule has 8 rings (SSSR count). The molecule has 75 heavy (non-hydrogen) atoms. The number of hydrogen-bond donors (Lipinski definition) is 3. The lowest BCUT2D eigenvalue weighted by molar-refractivity contribution is 0.0281. The van der Waals surface area contributed by atoms with E-state index in [1.54, 1.807) is 134 Å². The van der Waals surface area contributed by atoms with Crippen LogP contribution in [0.5, 0.6) is 17.2 Å². The normalized spacial score (nSPS) is 15.3. The first-order valence-electron chi connectivity index (χ1n) is 23.8. The number of hydrogen-bond acceptors (Lipinski definition) is 15. The summed E-state index contributed by atoms with van der Waals surface area (Å²) in [7, 11) is -5.49. The number of likely N-dealkylation sites (tertiary alicyclic amines) is 1. The number of pyridine rings is 1. The molecule has 0 radical (unpaired) electrons. The molecule has 0 unspecified atom stereocenters. The number of carbonyl (C=O) groups is 2. The summed E-state index contributed by atoms with van der Waals surface area (Å²) in [6, 6.07) is 24.7. The maximum atomic E-state index is 16.3. The molecule has 3 N–H and O–H groups in total. The van der Waals surface area contributed by atoms with Crippen LogP contribution in [0.4, 0.5) is 9.59 Å². The fourth-order valence-corrected chi connectivity index (χ4v) is 12.1. The van der Waals surface area contributed by atoms with Gasteiger partial charge in [-0.2, -0.15) is 9.10 Å². The number of rotatable bonds is 17. The topological polar surface area (TPSA) is 251 Å². The second-order valence-electron chi connectivity index (χ2n) is 19.8. The summed E-state index contributed by atoms with van der Waals surface area (Å²) in [5, 5.41) is 16.3. The maximum Gasteiger partial charge on any atom is 0.410 e. The second-order valence-corrected chi connectivity index (χ2v) is 23.3. The van der Waals surface area contributed by atoms with Crippen molar-refractivity contribution in [3.8, 4) is 39.8 Å². The first kappa shape index (κ1) is 53.7. The third-order valence-corrected chi connectivity index (χ3v) is 15.4. The van der Waals surface area contributed by atoms with Crippen molar-refractivity contribution in [1.29, 1.82) is 0 Å². The molecule has 3 aromatic heterocycles. The molecule has 1 fully saturated rings. The van der Waals surface area contributed by atoms with Crippen LogP contribution < -0.4 is 24.2 Å². The summed E-state index contributed by atoms with van der Waals surface area (Å²) in [5.74, 6) is 1.47. The molecule has 4 aromatic carbocycles. The SMILES string of the molecule is COc1ccc(CN(Cc2ccc(OC)cc2)S(=O)(=O)c2c(S(=O)(=O)N[C@H]3CN(C(=O)OC(C)(C)C)C[C@@H]3NC(=O)OC(C)(C)C)ccc(-c3cnc4cc[nH]c4c3)c2-c2nnn(Cc3ccc(OC)cc3)n2)cc1. The number of H-pyrrole nitrogens is 1. The minimum atomic E-state index is -5.05. The van der Waals surface area contributed by atoms with E-state index < -0.39 is 65.3 Å². The molecule has 7 aromatic rings. The molecule has 2 atom stereocenters. The van der Waals surface area contributed by atoms with Crippen LogP contribution in [0, 0.1) is 0 Å². The zero-order valence-electron chi connectivity index (χ0n) is 43.0. The van der Waals surface area contributed by atoms with E-state index in [0.29, 0.717) is 45.0 Å². The van der Waals surface area contributed by atoms with Crippen molar-refractivity contribution < 1.29 is 50.1 Å². The second kappa shape index (κ2) is 21.7. The number of methoxy groups -OCH3 is 3. The minimum absolute atomic E-state index is 0.0902. The highest BCUT2D eigenvalue weighted by molar-refractivity contribution is 7.92. The van der Waals surface area contributed by atoms with Gasteiger partial charge in [0.05, 0.1) is 56.6 Å². The average Bonchev–Trinajstić information content (AvgIpc) is 4.13. The highest BCUT2D eigenvalue weighted by Gasteiger charge is 2.44. The summed E-state index contributed by atoms with van der Waals surface area (Å²) < 4.78 is 95.0. The molecular formula is C52H60N10O11S2. The van der Waals surface area contributed by atoms with Crippen LogP contribution in [0.1, 0.15) is 58.2 Å². The van der Waals surface area contributed by atoms with Crippen molar-refractivity contribution in [2.75, 3.05) is 34.4 Å². The van der Waals surface area contributed by atoms with Crippen LogP contribution in [0.15, 0.2) is 119 Å². The molecule has 1 saturated heterocycles. The van der Waals surface area contributed by atoms with E-state index in [-0.39, 0.29) is 49.7 Å². The van der Waals surface area contributed by atoms with Crippen LogP contribution >= 0.6 is 0 Å². The van der Waals surface area contributed by atoms with Crippen LogP contribution in [0.25, 0.3) is 33.5 Å². The average molecular weight is 1070 g/mol. The largest absolute Gasteiger partial charge is 0.497 e. The van der Waals surface area contributed by atoms with E-state index in [9.17, 15) is 9.59 Å². The molecule has 4 heterocycles. The van der Waals surface area contributed by atoms with E-state index in [0.717, 1.165) is 5.56 Å². The standard InChI is InChI=1S/C52H60N10O11S2/c1-51(2,3)72-49(63)55-43-31-60(50(64)73-52(4,5)6)32-44(43)58-74(65,66)45-23-22-40(36-26-42-41(54-27-36)24-25-53-42)46(48-56-59-62(57-48)30-35-14-20-39(71-9)21-15-35)47(45)75(67,68)61(28-33-10-16-37(69-7)17-11-33)29-34-12-18-38(70-8)19-13-34/h10-27,43-44,53,58H,28-32H2,1-9H3,(H,55,63)/t43-,44-/m0/s1. The summed E-state index contributed by atoms with van der Waals surface area (Å²) in [5.41, 5.74) is 1.62. The van der Waals surface area contributed by atoms with Crippen LogP contribution in [-0.2, 0) is 49.2 Å². The number of fused-ring (bicyclic) bond motifs is 1. The van der Waals surface area contributed by atoms with Gasteiger partial charge in [0.25, 0.3) is 0 Å². The smallest absolute Gasteiger partial charge is 0.410 e. The lowest BCUT2D eigenvalue weighted by Gasteiger charge is -2.27. The molecule has 396 valence electrons. The number of aromatic amines is 1. The number of ether oxygens (including phenoxy) is 5. The van der Waals surface area contributed by atoms with Crippen molar-refractivity contribution >= 4 is 43.3 Å². The van der Waals surface area contributed by atoms with Crippen LogP contribution in [0.3, 0.4) is 0 Å². The number of sulfonamides is 2. The number of amides is 2. The molecule has 23 heteroatoms. The summed E-state index contributed by atoms with van der Waals surface area (Å²) in [6.07, 6.45) is 1.61. The number of nitrogens with zero attached hydrogens (tertiary/aromatic N) is 7. The molecule has 0 saturated carbocycles. The van der Waals surface area contributed by atoms with E-state index in [4.69, 9.17) is 28.8 Å². The summed E-state index contributed by atoms with van der Waals surface area (Å²) >= 11 is 0. The van der Waals surface area contributed by atoms with Gasteiger partial charge in [-0.05, 0) is 124 Å². The quantitative estimate of drug-likeness (QED) is 0.0820. The third-order valence-electron chi connectivity index (χ3n) is 11.9. The zero-order valence-corrected chi connectivity index (χ0v) is 44.7.